The molecule has 0 fully saturated rings. The number of carboxylic acids is 1. The maximum Gasteiger partial charge on any atom is 0.305 e. The van der Waals surface area contributed by atoms with Gasteiger partial charge in [0.2, 0.25) is 0 Å². The van der Waals surface area contributed by atoms with Crippen LogP contribution in [-0.2, 0) is 4.79 Å². The predicted molar refractivity (Wildman–Crippen MR) is 69.9 cm³/mol. The second kappa shape index (κ2) is 7.01. The number of hydrogen-bond acceptors (Lipinski definition) is 2. The van der Waals surface area contributed by atoms with E-state index in [1.54, 1.807) is 24.3 Å². The summed E-state index contributed by atoms with van der Waals surface area (Å²) in [6.07, 6.45) is 0.714. The predicted octanol–water partition coefficient (Wildman–Crippen LogP) is 2.67. The Kier molecular flexibility index (Phi) is 5.65. The molecule has 18 heavy (non-hydrogen) atoms. The van der Waals surface area contributed by atoms with Crippen molar-refractivity contribution in [2.24, 2.45) is 0 Å². The molecule has 0 aliphatic heterocycles. The summed E-state index contributed by atoms with van der Waals surface area (Å²) in [7, 11) is 0. The van der Waals surface area contributed by atoms with Crippen molar-refractivity contribution >= 4 is 23.5 Å². The van der Waals surface area contributed by atoms with Gasteiger partial charge in [-0.1, -0.05) is 30.7 Å². The van der Waals surface area contributed by atoms with Crippen LogP contribution in [0.4, 0.5) is 0 Å². The molecule has 0 radical (unpaired) electrons. The van der Waals surface area contributed by atoms with Crippen LogP contribution in [0.5, 0.6) is 0 Å². The molecule has 0 spiro atoms. The monoisotopic (exact) mass is 269 g/mol. The number of amides is 1. The first kappa shape index (κ1) is 14.5. The Morgan fingerprint density at radius 1 is 1.28 bits per heavy atom. The van der Waals surface area contributed by atoms with Crippen molar-refractivity contribution in [1.82, 2.24) is 4.90 Å². The SMILES string of the molecule is CCCN(CCC(=O)O)C(=O)c1ccccc1Cl. The van der Waals surface area contributed by atoms with Gasteiger partial charge < -0.3 is 10.0 Å². The summed E-state index contributed by atoms with van der Waals surface area (Å²) in [5.74, 6) is -1.13. The molecular weight excluding hydrogens is 254 g/mol. The number of carbonyl (C=O) groups is 2. The minimum Gasteiger partial charge on any atom is -0.481 e. The van der Waals surface area contributed by atoms with Crippen LogP contribution in [0.15, 0.2) is 24.3 Å². The van der Waals surface area contributed by atoms with Crippen molar-refractivity contribution in [2.45, 2.75) is 19.8 Å². The second-order valence-corrected chi connectivity index (χ2v) is 4.32. The topological polar surface area (TPSA) is 57.6 Å². The summed E-state index contributed by atoms with van der Waals surface area (Å²) < 4.78 is 0. The first-order chi connectivity index (χ1) is 8.56. The number of carboxylic acid groups (broad SMARTS) is 1. The molecule has 98 valence electrons. The van der Waals surface area contributed by atoms with Gasteiger partial charge >= 0.3 is 5.97 Å². The summed E-state index contributed by atoms with van der Waals surface area (Å²) >= 11 is 5.96. The van der Waals surface area contributed by atoms with Crippen molar-refractivity contribution in [2.75, 3.05) is 13.1 Å². The largest absolute Gasteiger partial charge is 0.481 e. The van der Waals surface area contributed by atoms with E-state index < -0.39 is 5.97 Å². The van der Waals surface area contributed by atoms with Crippen LogP contribution in [0, 0.1) is 0 Å². The number of rotatable bonds is 6. The molecule has 1 amide bonds. The molecule has 4 nitrogen and oxygen atoms in total. The average molecular weight is 270 g/mol. The van der Waals surface area contributed by atoms with Gasteiger partial charge in [0.05, 0.1) is 17.0 Å². The molecule has 0 saturated carbocycles. The van der Waals surface area contributed by atoms with E-state index in [-0.39, 0.29) is 18.9 Å². The molecule has 0 heterocycles. The van der Waals surface area contributed by atoms with E-state index in [0.717, 1.165) is 6.42 Å². The van der Waals surface area contributed by atoms with Gasteiger partial charge in [0.1, 0.15) is 0 Å². The van der Waals surface area contributed by atoms with E-state index in [1.807, 2.05) is 6.92 Å². The zero-order valence-corrected chi connectivity index (χ0v) is 11.0. The number of aliphatic carboxylic acids is 1. The average Bonchev–Trinajstić information content (AvgIpc) is 2.34. The Bertz CT molecular complexity index is 434. The summed E-state index contributed by atoms with van der Waals surface area (Å²) in [5.41, 5.74) is 0.415. The van der Waals surface area contributed by atoms with Crippen molar-refractivity contribution in [3.63, 3.8) is 0 Å². The Balaban J connectivity index is 2.82. The first-order valence-corrected chi connectivity index (χ1v) is 6.19. The van der Waals surface area contributed by atoms with Crippen LogP contribution in [0.1, 0.15) is 30.1 Å². The van der Waals surface area contributed by atoms with Crippen LogP contribution in [0.2, 0.25) is 5.02 Å². The van der Waals surface area contributed by atoms with Gasteiger partial charge in [-0.3, -0.25) is 9.59 Å². The lowest BCUT2D eigenvalue weighted by Gasteiger charge is -2.21. The quantitative estimate of drug-likeness (QED) is 0.864. The van der Waals surface area contributed by atoms with Crippen LogP contribution in [0.3, 0.4) is 0 Å². The lowest BCUT2D eigenvalue weighted by atomic mass is 10.2. The normalized spacial score (nSPS) is 10.1. The minimum absolute atomic E-state index is 0.0593. The lowest BCUT2D eigenvalue weighted by Crippen LogP contribution is -2.33. The highest BCUT2D eigenvalue weighted by Crippen LogP contribution is 2.17. The highest BCUT2D eigenvalue weighted by Gasteiger charge is 2.17. The molecule has 0 aliphatic rings. The smallest absolute Gasteiger partial charge is 0.305 e. The van der Waals surface area contributed by atoms with E-state index in [1.165, 1.54) is 4.90 Å². The third kappa shape index (κ3) is 4.04. The molecule has 0 aromatic heterocycles. The zero-order chi connectivity index (χ0) is 13.5. The van der Waals surface area contributed by atoms with E-state index in [9.17, 15) is 9.59 Å². The van der Waals surface area contributed by atoms with Crippen LogP contribution in [0.25, 0.3) is 0 Å². The van der Waals surface area contributed by atoms with Crippen molar-refractivity contribution < 1.29 is 14.7 Å². The van der Waals surface area contributed by atoms with Crippen molar-refractivity contribution in [1.29, 1.82) is 0 Å². The number of benzene rings is 1. The molecule has 0 unspecified atom stereocenters. The highest BCUT2D eigenvalue weighted by atomic mass is 35.5. The lowest BCUT2D eigenvalue weighted by molar-refractivity contribution is -0.137. The second-order valence-electron chi connectivity index (χ2n) is 3.92. The summed E-state index contributed by atoms with van der Waals surface area (Å²) in [6, 6.07) is 6.78. The maximum atomic E-state index is 12.2. The zero-order valence-electron chi connectivity index (χ0n) is 10.2. The number of nitrogens with zero attached hydrogens (tertiary/aromatic N) is 1. The van der Waals surface area contributed by atoms with E-state index >= 15 is 0 Å². The first-order valence-electron chi connectivity index (χ1n) is 5.81. The standard InChI is InChI=1S/C13H16ClNO3/c1-2-8-15(9-7-12(16)17)13(18)10-5-3-4-6-11(10)14/h3-6H,2,7-9H2,1H3,(H,16,17). The highest BCUT2D eigenvalue weighted by molar-refractivity contribution is 6.33. The van der Waals surface area contributed by atoms with E-state index in [0.29, 0.717) is 17.1 Å². The Labute approximate surface area is 111 Å². The van der Waals surface area contributed by atoms with Gasteiger partial charge in [-0.05, 0) is 18.6 Å². The fourth-order valence-electron chi connectivity index (χ4n) is 1.62. The third-order valence-corrected chi connectivity index (χ3v) is 2.81. The summed E-state index contributed by atoms with van der Waals surface area (Å²) in [5, 5.41) is 9.06. The Morgan fingerprint density at radius 2 is 1.94 bits per heavy atom. The van der Waals surface area contributed by atoms with Crippen LogP contribution >= 0.6 is 11.6 Å². The summed E-state index contributed by atoms with van der Waals surface area (Å²) in [4.78, 5) is 24.3. The van der Waals surface area contributed by atoms with Crippen molar-refractivity contribution in [3.8, 4) is 0 Å². The minimum atomic E-state index is -0.914. The van der Waals surface area contributed by atoms with Gasteiger partial charge in [-0.2, -0.15) is 0 Å². The molecule has 0 bridgehead atoms. The maximum absolute atomic E-state index is 12.2. The van der Waals surface area contributed by atoms with Gasteiger partial charge in [0.25, 0.3) is 5.91 Å². The number of carbonyl (C=O) groups excluding carboxylic acids is 1. The van der Waals surface area contributed by atoms with Gasteiger partial charge in [-0.25, -0.2) is 0 Å². The molecule has 0 aliphatic carbocycles. The molecule has 1 N–H and O–H groups in total. The molecule has 1 aromatic carbocycles. The molecular formula is C13H16ClNO3. The van der Waals surface area contributed by atoms with Gasteiger partial charge in [-0.15, -0.1) is 0 Å². The fraction of sp³-hybridized carbons (Fsp3) is 0.385. The molecule has 1 aromatic rings. The molecule has 0 atom stereocenters. The van der Waals surface area contributed by atoms with Gasteiger partial charge in [0, 0.05) is 13.1 Å². The molecule has 5 heteroatoms. The van der Waals surface area contributed by atoms with E-state index in [2.05, 4.69) is 0 Å². The Hall–Kier alpha value is -1.55. The number of hydrogen-bond donors (Lipinski definition) is 1. The van der Waals surface area contributed by atoms with E-state index in [4.69, 9.17) is 16.7 Å². The summed E-state index contributed by atoms with van der Waals surface area (Å²) in [6.45, 7) is 2.66. The van der Waals surface area contributed by atoms with Gasteiger partial charge in [0.15, 0.2) is 0 Å². The van der Waals surface area contributed by atoms with Crippen molar-refractivity contribution in [3.05, 3.63) is 34.9 Å². The molecule has 0 saturated heterocycles. The molecule has 1 rings (SSSR count). The third-order valence-electron chi connectivity index (χ3n) is 2.48. The van der Waals surface area contributed by atoms with Crippen LogP contribution in [-0.4, -0.2) is 35.0 Å². The number of halogens is 1. The Morgan fingerprint density at radius 3 is 2.50 bits per heavy atom. The van der Waals surface area contributed by atoms with Crippen LogP contribution < -0.4 is 0 Å². The fourth-order valence-corrected chi connectivity index (χ4v) is 1.84.